The molecule has 0 saturated carbocycles. The molecule has 12 rings (SSSR count). The predicted molar refractivity (Wildman–Crippen MR) is 311 cm³/mol. The van der Waals surface area contributed by atoms with Gasteiger partial charge in [-0.3, -0.25) is 0 Å². The minimum atomic E-state index is -2.40. The fourth-order valence-electron chi connectivity index (χ4n) is 14.9. The van der Waals surface area contributed by atoms with Gasteiger partial charge < -0.3 is 9.80 Å². The van der Waals surface area contributed by atoms with Crippen molar-refractivity contribution in [3.63, 3.8) is 0 Å². The van der Waals surface area contributed by atoms with Crippen molar-refractivity contribution in [2.45, 2.75) is 175 Å². The summed E-state index contributed by atoms with van der Waals surface area (Å²) in [4.78, 5) is 5.02. The first-order chi connectivity index (χ1) is 34.8. The van der Waals surface area contributed by atoms with Crippen LogP contribution in [-0.4, -0.2) is 6.71 Å². The molecule has 0 radical (unpaired) electrons. The summed E-state index contributed by atoms with van der Waals surface area (Å²) in [5.74, 6) is 0. The zero-order chi connectivity index (χ0) is 53.7. The van der Waals surface area contributed by atoms with Crippen LogP contribution < -0.4 is 26.2 Å². The SMILES string of the molecule is [2H]C([2H])([2H])c1cc2c3c(c1)N(c1ccc(C(C)(C)C)cc1-c1ccccc1)c1cc4c(cc1B3c1cc3c(cc1N2c1cc2c(cc1C)C(C)(C)CCC2(C)C)C(C)(C)CC3(C)C)C(C)(C)c1ccccc1C4(C)C. The summed E-state index contributed by atoms with van der Waals surface area (Å²) in [7, 11) is 0. The van der Waals surface area contributed by atoms with Crippen molar-refractivity contribution in [1.29, 1.82) is 0 Å². The van der Waals surface area contributed by atoms with Crippen LogP contribution in [0.4, 0.5) is 34.1 Å². The van der Waals surface area contributed by atoms with Crippen molar-refractivity contribution in [3.05, 3.63) is 183 Å². The first-order valence-electron chi connectivity index (χ1n) is 28.5. The van der Waals surface area contributed by atoms with Gasteiger partial charge in [0.2, 0.25) is 0 Å². The molecule has 3 aliphatic carbocycles. The second kappa shape index (κ2) is 14.9. The van der Waals surface area contributed by atoms with Crippen LogP contribution >= 0.6 is 0 Å². The Bertz CT molecular complexity index is 3580. The quantitative estimate of drug-likeness (QED) is 0.163. The highest BCUT2D eigenvalue weighted by Gasteiger charge is 2.51. The van der Waals surface area contributed by atoms with Crippen molar-refractivity contribution >= 4 is 57.2 Å². The van der Waals surface area contributed by atoms with Gasteiger partial charge in [-0.2, -0.15) is 0 Å². The van der Waals surface area contributed by atoms with Gasteiger partial charge >= 0.3 is 0 Å². The summed E-state index contributed by atoms with van der Waals surface area (Å²) < 4.78 is 28.1. The van der Waals surface area contributed by atoms with Crippen LogP contribution in [0.5, 0.6) is 0 Å². The Balaban J connectivity index is 1.27. The standard InChI is InChI=1S/C69H77BN2/c1-41-31-60-62-61(32-41)72(57-37-50-48(33-42(57)2)64(6,7)29-30-65(50,8)9)58-38-51-49(66(10,11)40-67(51,12)13)35-54(58)70(62)55-36-52-53(69(16,17)47-26-22-21-25-46(47)68(52,14)15)39-59(55)71(60)56-28-27-44(63(3,4)5)34-45(56)43-23-19-18-20-24-43/h18-28,31-39H,29-30,40H2,1-17H3/i1D3. The molecule has 0 N–H and O–H groups in total. The first kappa shape index (κ1) is 43.8. The normalized spacial score (nSPS) is 20.4. The molecule has 0 unspecified atom stereocenters. The minimum absolute atomic E-state index is 0.0288. The third kappa shape index (κ3) is 6.60. The van der Waals surface area contributed by atoms with Crippen LogP contribution in [0.3, 0.4) is 0 Å². The van der Waals surface area contributed by atoms with E-state index in [4.69, 9.17) is 0 Å². The molecule has 7 aromatic rings. The number of hydrogen-bond acceptors (Lipinski definition) is 2. The number of rotatable bonds is 3. The van der Waals surface area contributed by atoms with Crippen molar-refractivity contribution in [3.8, 4) is 11.1 Å². The lowest BCUT2D eigenvalue weighted by molar-refractivity contribution is 0.332. The number of benzene rings is 7. The maximum atomic E-state index is 9.38. The van der Waals surface area contributed by atoms with Gasteiger partial charge in [0.1, 0.15) is 0 Å². The van der Waals surface area contributed by atoms with Gasteiger partial charge in [-0.15, -0.1) is 0 Å². The maximum Gasteiger partial charge on any atom is 0.252 e. The Morgan fingerprint density at radius 3 is 1.50 bits per heavy atom. The van der Waals surface area contributed by atoms with Crippen molar-refractivity contribution in [2.24, 2.45) is 0 Å². The number of aryl methyl sites for hydroxylation is 2. The van der Waals surface area contributed by atoms with Crippen LogP contribution in [-0.2, 0) is 37.9 Å². The Labute approximate surface area is 437 Å². The second-order valence-corrected chi connectivity index (χ2v) is 27.5. The van der Waals surface area contributed by atoms with E-state index in [2.05, 4.69) is 236 Å². The predicted octanol–water partition coefficient (Wildman–Crippen LogP) is 16.6. The molecule has 3 heteroatoms. The average molecular weight is 948 g/mol. The lowest BCUT2D eigenvalue weighted by atomic mass is 9.32. The summed E-state index contributed by atoms with van der Waals surface area (Å²) >= 11 is 0. The van der Waals surface area contributed by atoms with Crippen molar-refractivity contribution in [2.75, 3.05) is 9.80 Å². The highest BCUT2D eigenvalue weighted by Crippen LogP contribution is 2.57. The van der Waals surface area contributed by atoms with Crippen LogP contribution in [0.25, 0.3) is 11.1 Å². The molecule has 72 heavy (non-hydrogen) atoms. The molecule has 0 fully saturated rings. The molecule has 2 aliphatic heterocycles. The van der Waals surface area contributed by atoms with Gasteiger partial charge in [-0.25, -0.2) is 0 Å². The van der Waals surface area contributed by atoms with Gasteiger partial charge in [0, 0.05) is 48.9 Å². The molecule has 2 nitrogen and oxygen atoms in total. The highest BCUT2D eigenvalue weighted by atomic mass is 15.2. The monoisotopic (exact) mass is 948 g/mol. The summed E-state index contributed by atoms with van der Waals surface area (Å²) in [6.45, 7) is 35.6. The molecule has 7 aromatic carbocycles. The molecule has 0 saturated heterocycles. The highest BCUT2D eigenvalue weighted by molar-refractivity contribution is 7.00. The van der Waals surface area contributed by atoms with E-state index in [9.17, 15) is 4.11 Å². The van der Waals surface area contributed by atoms with Gasteiger partial charge in [0.25, 0.3) is 6.71 Å². The molecule has 5 aliphatic rings. The van der Waals surface area contributed by atoms with E-state index in [1.165, 1.54) is 66.6 Å². The van der Waals surface area contributed by atoms with E-state index >= 15 is 0 Å². The molecule has 0 amide bonds. The van der Waals surface area contributed by atoms with E-state index in [0.717, 1.165) is 70.0 Å². The zero-order valence-electron chi connectivity index (χ0n) is 49.1. The number of fused-ring (bicyclic) bond motifs is 8. The molecule has 366 valence electrons. The molecule has 0 atom stereocenters. The van der Waals surface area contributed by atoms with Crippen molar-refractivity contribution < 1.29 is 4.11 Å². The Kier molecular flexibility index (Phi) is 9.07. The van der Waals surface area contributed by atoms with Crippen LogP contribution in [0.2, 0.25) is 0 Å². The van der Waals surface area contributed by atoms with E-state index in [0.29, 0.717) is 5.56 Å². The largest absolute Gasteiger partial charge is 0.311 e. The average Bonchev–Trinajstić information content (AvgIpc) is 3.52. The van der Waals surface area contributed by atoms with Gasteiger partial charge in [0.15, 0.2) is 0 Å². The lowest BCUT2D eigenvalue weighted by Gasteiger charge is -2.49. The number of hydrogen-bond donors (Lipinski definition) is 0. The van der Waals surface area contributed by atoms with Crippen LogP contribution in [0.15, 0.2) is 121 Å². The third-order valence-corrected chi connectivity index (χ3v) is 18.9. The van der Waals surface area contributed by atoms with Gasteiger partial charge in [-0.05, 0) is 186 Å². The van der Waals surface area contributed by atoms with Crippen LogP contribution in [0.1, 0.15) is 188 Å². The topological polar surface area (TPSA) is 6.48 Å². The van der Waals surface area contributed by atoms with E-state index < -0.39 is 6.85 Å². The van der Waals surface area contributed by atoms with Crippen LogP contribution in [0, 0.1) is 13.8 Å². The summed E-state index contributed by atoms with van der Waals surface area (Å²) in [6.07, 6.45) is 3.27. The number of nitrogens with zero attached hydrogens (tertiary/aromatic N) is 2. The Morgan fingerprint density at radius 1 is 0.458 bits per heavy atom. The van der Waals surface area contributed by atoms with E-state index in [-0.39, 0.29) is 44.6 Å². The van der Waals surface area contributed by atoms with E-state index in [1.54, 1.807) is 0 Å². The molecule has 0 spiro atoms. The van der Waals surface area contributed by atoms with Gasteiger partial charge in [0.05, 0.1) is 5.69 Å². The van der Waals surface area contributed by atoms with Crippen molar-refractivity contribution in [1.82, 2.24) is 0 Å². The summed E-state index contributed by atoms with van der Waals surface area (Å²) in [6, 6.07) is 46.3. The maximum absolute atomic E-state index is 9.38. The smallest absolute Gasteiger partial charge is 0.252 e. The lowest BCUT2D eigenvalue weighted by Crippen LogP contribution is -2.62. The Morgan fingerprint density at radius 2 is 0.931 bits per heavy atom. The Hall–Kier alpha value is -5.80. The van der Waals surface area contributed by atoms with Gasteiger partial charge in [-0.1, -0.05) is 183 Å². The fourth-order valence-corrected chi connectivity index (χ4v) is 14.9. The molecular formula is C69H77BN2. The molecule has 0 bridgehead atoms. The number of anilines is 6. The summed E-state index contributed by atoms with van der Waals surface area (Å²) in [5, 5.41) is 0. The first-order valence-corrected chi connectivity index (χ1v) is 27.0. The fraction of sp³-hybridized carbons (Fsp3) is 0.391. The molecular weight excluding hydrogens is 868 g/mol. The van der Waals surface area contributed by atoms with E-state index in [1.807, 2.05) is 6.07 Å². The zero-order valence-corrected chi connectivity index (χ0v) is 46.1. The minimum Gasteiger partial charge on any atom is -0.311 e. The molecule has 0 aromatic heterocycles. The third-order valence-electron chi connectivity index (χ3n) is 18.9. The summed E-state index contributed by atoms with van der Waals surface area (Å²) in [5.41, 5.74) is 25.2. The second-order valence-electron chi connectivity index (χ2n) is 27.5. The molecule has 2 heterocycles.